The SMILES string of the molecule is C=C[C@@H](O)[C@H](CO[C@@H]1O[C@H](CO)[C@H](O)[C@H](O)[C@H]1O)NC(=O)O. The molecule has 0 radical (unpaired) electrons. The molecule has 1 fully saturated rings. The van der Waals surface area contributed by atoms with Gasteiger partial charge in [-0.2, -0.15) is 0 Å². The number of carboxylic acid groups (broad SMARTS) is 1. The Bertz CT molecular complexity index is 378. The molecule has 1 saturated heterocycles. The topological polar surface area (TPSA) is 169 Å². The molecule has 10 nitrogen and oxygen atoms in total. The van der Waals surface area contributed by atoms with E-state index in [2.05, 4.69) is 6.58 Å². The van der Waals surface area contributed by atoms with Crippen LogP contribution in [0.2, 0.25) is 0 Å². The number of hydrogen-bond donors (Lipinski definition) is 7. The first-order valence-electron chi connectivity index (χ1n) is 6.54. The highest BCUT2D eigenvalue weighted by atomic mass is 16.7. The van der Waals surface area contributed by atoms with Crippen molar-refractivity contribution in [2.24, 2.45) is 0 Å². The van der Waals surface area contributed by atoms with E-state index in [0.717, 1.165) is 6.08 Å². The van der Waals surface area contributed by atoms with E-state index in [9.17, 15) is 25.2 Å². The van der Waals surface area contributed by atoms with Gasteiger partial charge in [-0.15, -0.1) is 6.58 Å². The van der Waals surface area contributed by atoms with Crippen molar-refractivity contribution in [2.75, 3.05) is 13.2 Å². The Hall–Kier alpha value is -1.27. The van der Waals surface area contributed by atoms with Crippen molar-refractivity contribution in [3.8, 4) is 0 Å². The molecule has 1 aliphatic rings. The molecule has 0 aromatic carbocycles. The fraction of sp³-hybridized carbons (Fsp3) is 0.750. The minimum Gasteiger partial charge on any atom is -0.465 e. The van der Waals surface area contributed by atoms with Crippen LogP contribution >= 0.6 is 0 Å². The van der Waals surface area contributed by atoms with Crippen molar-refractivity contribution < 1.29 is 44.9 Å². The average Bonchev–Trinajstić information content (AvgIpc) is 2.49. The molecular weight excluding hydrogens is 302 g/mol. The molecule has 0 aromatic rings. The van der Waals surface area contributed by atoms with E-state index in [1.54, 1.807) is 0 Å². The molecule has 1 amide bonds. The minimum atomic E-state index is -1.61. The predicted molar refractivity (Wildman–Crippen MR) is 70.9 cm³/mol. The third kappa shape index (κ3) is 4.61. The first kappa shape index (κ1) is 18.8. The molecule has 0 aliphatic carbocycles. The van der Waals surface area contributed by atoms with Gasteiger partial charge in [-0.05, 0) is 0 Å². The molecule has 7 N–H and O–H groups in total. The molecule has 128 valence electrons. The van der Waals surface area contributed by atoms with Gasteiger partial charge in [-0.25, -0.2) is 4.79 Å². The Kier molecular flexibility index (Phi) is 7.16. The van der Waals surface area contributed by atoms with Gasteiger partial charge in [0, 0.05) is 0 Å². The highest BCUT2D eigenvalue weighted by molar-refractivity contribution is 5.65. The zero-order valence-corrected chi connectivity index (χ0v) is 11.6. The highest BCUT2D eigenvalue weighted by Crippen LogP contribution is 2.22. The normalized spacial score (nSPS) is 34.7. The molecule has 0 aromatic heterocycles. The smallest absolute Gasteiger partial charge is 0.405 e. The monoisotopic (exact) mass is 323 g/mol. The van der Waals surface area contributed by atoms with E-state index in [1.165, 1.54) is 0 Å². The zero-order chi connectivity index (χ0) is 16.9. The van der Waals surface area contributed by atoms with E-state index in [0.29, 0.717) is 0 Å². The molecule has 0 saturated carbocycles. The van der Waals surface area contributed by atoms with Gasteiger partial charge < -0.3 is 45.4 Å². The number of hydrogen-bond acceptors (Lipinski definition) is 8. The Morgan fingerprint density at radius 2 is 1.95 bits per heavy atom. The summed E-state index contributed by atoms with van der Waals surface area (Å²) in [6, 6.07) is -1.08. The molecule has 0 unspecified atom stereocenters. The quantitative estimate of drug-likeness (QED) is 0.241. The first-order valence-corrected chi connectivity index (χ1v) is 6.54. The molecule has 22 heavy (non-hydrogen) atoms. The lowest BCUT2D eigenvalue weighted by Gasteiger charge is -2.40. The van der Waals surface area contributed by atoms with Crippen molar-refractivity contribution in [3.05, 3.63) is 12.7 Å². The van der Waals surface area contributed by atoms with Crippen LogP contribution in [0.4, 0.5) is 4.79 Å². The van der Waals surface area contributed by atoms with E-state index in [4.69, 9.17) is 19.7 Å². The zero-order valence-electron chi connectivity index (χ0n) is 11.6. The summed E-state index contributed by atoms with van der Waals surface area (Å²) in [7, 11) is 0. The van der Waals surface area contributed by atoms with E-state index >= 15 is 0 Å². The molecule has 1 aliphatic heterocycles. The van der Waals surface area contributed by atoms with Gasteiger partial charge in [0.05, 0.1) is 25.4 Å². The van der Waals surface area contributed by atoms with Gasteiger partial charge in [0.2, 0.25) is 0 Å². The van der Waals surface area contributed by atoms with Crippen LogP contribution in [0.15, 0.2) is 12.7 Å². The van der Waals surface area contributed by atoms with Crippen molar-refractivity contribution >= 4 is 6.09 Å². The Morgan fingerprint density at radius 3 is 2.45 bits per heavy atom. The molecule has 0 bridgehead atoms. The van der Waals surface area contributed by atoms with Crippen LogP contribution in [0.5, 0.6) is 0 Å². The molecule has 0 spiro atoms. The summed E-state index contributed by atoms with van der Waals surface area (Å²) in [5, 5.41) is 58.2. The second-order valence-electron chi connectivity index (χ2n) is 4.81. The lowest BCUT2D eigenvalue weighted by molar-refractivity contribution is -0.302. The Morgan fingerprint density at radius 1 is 1.32 bits per heavy atom. The van der Waals surface area contributed by atoms with Crippen LogP contribution in [0.1, 0.15) is 0 Å². The van der Waals surface area contributed by atoms with E-state index < -0.39 is 62.2 Å². The summed E-state index contributed by atoms with van der Waals surface area (Å²) in [6.07, 6.45) is -8.84. The summed E-state index contributed by atoms with van der Waals surface area (Å²) in [5.74, 6) is 0. The predicted octanol–water partition coefficient (Wildman–Crippen LogP) is -3.01. The minimum absolute atomic E-state index is 0.401. The lowest BCUT2D eigenvalue weighted by atomic mass is 9.99. The maximum absolute atomic E-state index is 10.6. The van der Waals surface area contributed by atoms with Gasteiger partial charge in [0.1, 0.15) is 24.4 Å². The second-order valence-corrected chi connectivity index (χ2v) is 4.81. The third-order valence-corrected chi connectivity index (χ3v) is 3.25. The molecule has 1 rings (SSSR count). The van der Waals surface area contributed by atoms with Gasteiger partial charge in [-0.3, -0.25) is 0 Å². The number of carbonyl (C=O) groups is 1. The maximum Gasteiger partial charge on any atom is 0.405 e. The van der Waals surface area contributed by atoms with E-state index in [1.807, 2.05) is 5.32 Å². The van der Waals surface area contributed by atoms with Crippen molar-refractivity contribution in [3.63, 3.8) is 0 Å². The Balaban J connectivity index is 2.66. The molecule has 1 heterocycles. The number of rotatable bonds is 7. The van der Waals surface area contributed by atoms with Crippen LogP contribution in [-0.4, -0.2) is 92.8 Å². The van der Waals surface area contributed by atoms with Gasteiger partial charge in [-0.1, -0.05) is 6.08 Å². The highest BCUT2D eigenvalue weighted by Gasteiger charge is 2.44. The lowest BCUT2D eigenvalue weighted by Crippen LogP contribution is -2.60. The van der Waals surface area contributed by atoms with Gasteiger partial charge in [0.15, 0.2) is 6.29 Å². The first-order chi connectivity index (χ1) is 10.3. The number of amides is 1. The summed E-state index contributed by atoms with van der Waals surface area (Å²) in [6.45, 7) is 2.31. The third-order valence-electron chi connectivity index (χ3n) is 3.25. The van der Waals surface area contributed by atoms with Crippen molar-refractivity contribution in [1.82, 2.24) is 5.32 Å². The summed E-state index contributed by atoms with van der Waals surface area (Å²) >= 11 is 0. The molecular formula is C12H21NO9. The summed E-state index contributed by atoms with van der Waals surface area (Å²) in [4.78, 5) is 10.6. The number of aliphatic hydroxyl groups is 5. The van der Waals surface area contributed by atoms with Crippen LogP contribution in [0.25, 0.3) is 0 Å². The number of aliphatic hydroxyl groups excluding tert-OH is 5. The van der Waals surface area contributed by atoms with Crippen molar-refractivity contribution in [2.45, 2.75) is 42.9 Å². The van der Waals surface area contributed by atoms with Gasteiger partial charge >= 0.3 is 6.09 Å². The van der Waals surface area contributed by atoms with E-state index in [-0.39, 0.29) is 0 Å². The van der Waals surface area contributed by atoms with Crippen LogP contribution < -0.4 is 5.32 Å². The van der Waals surface area contributed by atoms with Crippen LogP contribution in [0.3, 0.4) is 0 Å². The van der Waals surface area contributed by atoms with Crippen molar-refractivity contribution in [1.29, 1.82) is 0 Å². The number of ether oxygens (including phenoxy) is 2. The fourth-order valence-corrected chi connectivity index (χ4v) is 1.95. The summed E-state index contributed by atoms with van der Waals surface area (Å²) in [5.41, 5.74) is 0. The fourth-order valence-electron chi connectivity index (χ4n) is 1.95. The van der Waals surface area contributed by atoms with Gasteiger partial charge in [0.25, 0.3) is 0 Å². The van der Waals surface area contributed by atoms with Crippen LogP contribution in [-0.2, 0) is 9.47 Å². The summed E-state index contributed by atoms with van der Waals surface area (Å²) < 4.78 is 10.2. The molecule has 7 atom stereocenters. The Labute approximate surface area is 126 Å². The largest absolute Gasteiger partial charge is 0.465 e. The number of nitrogens with one attached hydrogen (secondary N) is 1. The molecule has 10 heteroatoms. The maximum atomic E-state index is 10.6. The second kappa shape index (κ2) is 8.39. The standard InChI is InChI=1S/C12H21NO9/c1-2-6(15)5(13-12(19)20)4-21-11-10(18)9(17)8(16)7(3-14)22-11/h2,5-11,13-18H,1,3-4H2,(H,19,20)/t5-,6+,7+,8-,9-,10+,11+/m0/s1. The van der Waals surface area contributed by atoms with Crippen LogP contribution in [0, 0.1) is 0 Å². The average molecular weight is 323 g/mol.